The molecule has 0 aliphatic heterocycles. The maximum atomic E-state index is 13.3. The first-order chi connectivity index (χ1) is 15.5. The summed E-state index contributed by atoms with van der Waals surface area (Å²) in [6.07, 6.45) is 3.83. The van der Waals surface area contributed by atoms with Crippen LogP contribution in [0.2, 0.25) is 5.02 Å². The van der Waals surface area contributed by atoms with Crippen molar-refractivity contribution < 1.29 is 19.0 Å². The molecule has 0 aliphatic rings. The summed E-state index contributed by atoms with van der Waals surface area (Å²) in [5.74, 6) is 1.14. The fraction of sp³-hybridized carbons (Fsp3) is 0.125. The highest BCUT2D eigenvalue weighted by Gasteiger charge is 2.22. The van der Waals surface area contributed by atoms with Gasteiger partial charge in [0.1, 0.15) is 4.88 Å². The molecule has 0 aliphatic carbocycles. The molecular formula is C24H21ClN2O4S. The molecule has 0 saturated heterocycles. The molecule has 2 aromatic carbocycles. The van der Waals surface area contributed by atoms with E-state index in [2.05, 4.69) is 5.32 Å². The average molecular weight is 469 g/mol. The second-order valence-corrected chi connectivity index (χ2v) is 8.11. The molecule has 2 aromatic heterocycles. The first kappa shape index (κ1) is 21.8. The highest BCUT2D eigenvalue weighted by Crippen LogP contribution is 2.41. The summed E-state index contributed by atoms with van der Waals surface area (Å²) in [4.78, 5) is 13.9. The van der Waals surface area contributed by atoms with Crippen molar-refractivity contribution in [3.63, 3.8) is 0 Å². The first-order valence-electron chi connectivity index (χ1n) is 9.67. The van der Waals surface area contributed by atoms with Crippen LogP contribution in [0.25, 0.3) is 16.8 Å². The smallest absolute Gasteiger partial charge is 0.267 e. The number of hydrogen-bond donors (Lipinski definition) is 1. The third-order valence-electron chi connectivity index (χ3n) is 4.91. The van der Waals surface area contributed by atoms with Crippen molar-refractivity contribution in [2.24, 2.45) is 0 Å². The molecule has 0 unspecified atom stereocenters. The Morgan fingerprint density at radius 3 is 2.16 bits per heavy atom. The van der Waals surface area contributed by atoms with E-state index in [-0.39, 0.29) is 5.91 Å². The molecule has 32 heavy (non-hydrogen) atoms. The molecule has 164 valence electrons. The molecule has 0 radical (unpaired) electrons. The number of benzene rings is 2. The second kappa shape index (κ2) is 9.38. The van der Waals surface area contributed by atoms with Gasteiger partial charge in [0.15, 0.2) is 11.5 Å². The summed E-state index contributed by atoms with van der Waals surface area (Å²) in [5.41, 5.74) is 3.25. The highest BCUT2D eigenvalue weighted by atomic mass is 35.5. The molecule has 1 amide bonds. The highest BCUT2D eigenvalue weighted by molar-refractivity contribution is 7.13. The van der Waals surface area contributed by atoms with E-state index in [0.29, 0.717) is 32.8 Å². The Morgan fingerprint density at radius 2 is 1.59 bits per heavy atom. The number of carbonyl (C=O) groups excluding carboxylic acids is 1. The van der Waals surface area contributed by atoms with Crippen molar-refractivity contribution in [3.05, 3.63) is 76.2 Å². The lowest BCUT2D eigenvalue weighted by molar-refractivity contribution is 0.103. The lowest BCUT2D eigenvalue weighted by atomic mass is 10.1. The Labute approximate surface area is 194 Å². The molecule has 0 spiro atoms. The fourth-order valence-electron chi connectivity index (χ4n) is 3.43. The van der Waals surface area contributed by atoms with Gasteiger partial charge in [-0.3, -0.25) is 4.79 Å². The topological polar surface area (TPSA) is 61.7 Å². The van der Waals surface area contributed by atoms with E-state index in [9.17, 15) is 4.79 Å². The number of halogens is 1. The Bertz CT molecular complexity index is 1210. The summed E-state index contributed by atoms with van der Waals surface area (Å²) < 4.78 is 18.1. The summed E-state index contributed by atoms with van der Waals surface area (Å²) in [7, 11) is 4.60. The molecule has 4 aromatic rings. The molecule has 0 atom stereocenters. The quantitative estimate of drug-likeness (QED) is 0.354. The van der Waals surface area contributed by atoms with Crippen LogP contribution in [0, 0.1) is 0 Å². The van der Waals surface area contributed by atoms with E-state index in [0.717, 1.165) is 16.8 Å². The van der Waals surface area contributed by atoms with E-state index in [4.69, 9.17) is 25.8 Å². The predicted molar refractivity (Wildman–Crippen MR) is 128 cm³/mol. The standard InChI is InChI=1S/C24H21ClN2O4S/c1-29-19-12-17(13-20(30-2)22(19)31-3)26-24(28)23-21(27-10-4-5-11-27)18(14-32-23)15-6-8-16(25)9-7-15/h4-14H,1-3H3,(H,26,28). The molecule has 2 heterocycles. The maximum Gasteiger partial charge on any atom is 0.267 e. The minimum absolute atomic E-state index is 0.242. The Kier molecular flexibility index (Phi) is 6.39. The number of aromatic nitrogens is 1. The van der Waals surface area contributed by atoms with Crippen LogP contribution in [-0.2, 0) is 0 Å². The minimum Gasteiger partial charge on any atom is -0.493 e. The molecule has 0 saturated carbocycles. The number of methoxy groups -OCH3 is 3. The Morgan fingerprint density at radius 1 is 0.969 bits per heavy atom. The van der Waals surface area contributed by atoms with Crippen LogP contribution in [0.15, 0.2) is 66.3 Å². The zero-order chi connectivity index (χ0) is 22.7. The molecule has 6 nitrogen and oxygen atoms in total. The van der Waals surface area contributed by atoms with Crippen molar-refractivity contribution in [2.75, 3.05) is 26.6 Å². The minimum atomic E-state index is -0.242. The van der Waals surface area contributed by atoms with Crippen molar-refractivity contribution >= 4 is 34.5 Å². The van der Waals surface area contributed by atoms with Gasteiger partial charge < -0.3 is 24.1 Å². The number of hydrogen-bond acceptors (Lipinski definition) is 5. The van der Waals surface area contributed by atoms with Gasteiger partial charge in [0.25, 0.3) is 5.91 Å². The fourth-order valence-corrected chi connectivity index (χ4v) is 4.52. The SMILES string of the molecule is COc1cc(NC(=O)c2scc(-c3ccc(Cl)cc3)c2-n2cccc2)cc(OC)c1OC. The monoisotopic (exact) mass is 468 g/mol. The zero-order valence-corrected chi connectivity index (χ0v) is 19.3. The van der Waals surface area contributed by atoms with Crippen LogP contribution >= 0.6 is 22.9 Å². The Balaban J connectivity index is 1.74. The van der Waals surface area contributed by atoms with Crippen LogP contribution in [0.4, 0.5) is 5.69 Å². The molecule has 8 heteroatoms. The number of carbonyl (C=O) groups is 1. The van der Waals surface area contributed by atoms with Gasteiger partial charge in [0.2, 0.25) is 5.75 Å². The number of amides is 1. The van der Waals surface area contributed by atoms with E-state index in [1.165, 1.54) is 32.7 Å². The van der Waals surface area contributed by atoms with Gasteiger partial charge >= 0.3 is 0 Å². The van der Waals surface area contributed by atoms with Gasteiger partial charge in [0, 0.05) is 46.2 Å². The van der Waals surface area contributed by atoms with Crippen LogP contribution in [0.3, 0.4) is 0 Å². The van der Waals surface area contributed by atoms with Crippen molar-refractivity contribution in [3.8, 4) is 34.1 Å². The van der Waals surface area contributed by atoms with Crippen LogP contribution in [0.1, 0.15) is 9.67 Å². The number of nitrogens with one attached hydrogen (secondary N) is 1. The lowest BCUT2D eigenvalue weighted by Gasteiger charge is -2.15. The number of ether oxygens (including phenoxy) is 3. The van der Waals surface area contributed by atoms with E-state index >= 15 is 0 Å². The lowest BCUT2D eigenvalue weighted by Crippen LogP contribution is -2.13. The summed E-state index contributed by atoms with van der Waals surface area (Å²) in [6.45, 7) is 0. The van der Waals surface area contributed by atoms with Crippen LogP contribution in [0.5, 0.6) is 17.2 Å². The molecule has 1 N–H and O–H groups in total. The number of rotatable bonds is 7. The number of nitrogens with zero attached hydrogens (tertiary/aromatic N) is 1. The van der Waals surface area contributed by atoms with E-state index in [1.807, 2.05) is 58.7 Å². The Hall–Kier alpha value is -3.42. The van der Waals surface area contributed by atoms with E-state index < -0.39 is 0 Å². The summed E-state index contributed by atoms with van der Waals surface area (Å²) in [5, 5.41) is 5.59. The van der Waals surface area contributed by atoms with Gasteiger partial charge in [-0.25, -0.2) is 0 Å². The summed E-state index contributed by atoms with van der Waals surface area (Å²) in [6, 6.07) is 14.8. The third kappa shape index (κ3) is 4.17. The van der Waals surface area contributed by atoms with Gasteiger partial charge in [-0.15, -0.1) is 11.3 Å². The molecule has 0 bridgehead atoms. The first-order valence-corrected chi connectivity index (χ1v) is 10.9. The molecule has 4 rings (SSSR count). The van der Waals surface area contributed by atoms with Crippen LogP contribution in [-0.4, -0.2) is 31.8 Å². The number of thiophene rings is 1. The maximum absolute atomic E-state index is 13.3. The van der Waals surface area contributed by atoms with Gasteiger partial charge in [0.05, 0.1) is 27.0 Å². The normalized spacial score (nSPS) is 10.6. The van der Waals surface area contributed by atoms with Gasteiger partial charge in [-0.1, -0.05) is 23.7 Å². The van der Waals surface area contributed by atoms with Gasteiger partial charge in [-0.05, 0) is 29.8 Å². The second-order valence-electron chi connectivity index (χ2n) is 6.79. The molecule has 0 fully saturated rings. The van der Waals surface area contributed by atoms with Crippen LogP contribution < -0.4 is 19.5 Å². The third-order valence-corrected chi connectivity index (χ3v) is 6.13. The van der Waals surface area contributed by atoms with E-state index in [1.54, 1.807) is 12.1 Å². The zero-order valence-electron chi connectivity index (χ0n) is 17.7. The van der Waals surface area contributed by atoms with Gasteiger partial charge in [-0.2, -0.15) is 0 Å². The number of anilines is 1. The average Bonchev–Trinajstić information content (AvgIpc) is 3.48. The molecular weight excluding hydrogens is 448 g/mol. The summed E-state index contributed by atoms with van der Waals surface area (Å²) >= 11 is 7.43. The predicted octanol–water partition coefficient (Wildman–Crippen LogP) is 6.14. The van der Waals surface area contributed by atoms with Crippen molar-refractivity contribution in [1.82, 2.24) is 4.57 Å². The van der Waals surface area contributed by atoms with Crippen molar-refractivity contribution in [2.45, 2.75) is 0 Å². The largest absolute Gasteiger partial charge is 0.493 e. The van der Waals surface area contributed by atoms with Crippen molar-refractivity contribution in [1.29, 1.82) is 0 Å².